The van der Waals surface area contributed by atoms with Gasteiger partial charge in [-0.25, -0.2) is 9.97 Å². The molecule has 0 unspecified atom stereocenters. The van der Waals surface area contributed by atoms with Gasteiger partial charge in [0.15, 0.2) is 8.68 Å². The second-order valence-electron chi connectivity index (χ2n) is 4.26. The summed E-state index contributed by atoms with van der Waals surface area (Å²) in [7, 11) is 0. The molecule has 10 nitrogen and oxygen atoms in total. The molecule has 3 aromatic rings. The van der Waals surface area contributed by atoms with Gasteiger partial charge in [0.05, 0.1) is 9.85 Å². The standard InChI is InChI=1S/C12H6N6O4S3/c19-17(20)7-1-3-9(13-5-7)23-11-15-16-12(25-11)24-10-4-2-8(6-14-10)18(21)22/h1-6H. The quantitative estimate of drug-likeness (QED) is 0.451. The molecule has 0 aliphatic carbocycles. The maximum absolute atomic E-state index is 10.6. The highest BCUT2D eigenvalue weighted by Crippen LogP contribution is 2.35. The fourth-order valence-electron chi connectivity index (χ4n) is 1.54. The fraction of sp³-hybridized carbons (Fsp3) is 0. The largest absolute Gasteiger partial charge is 0.287 e. The normalized spacial score (nSPS) is 10.6. The van der Waals surface area contributed by atoms with Crippen LogP contribution in [0.2, 0.25) is 0 Å². The van der Waals surface area contributed by atoms with Crippen LogP contribution in [0.15, 0.2) is 55.4 Å². The van der Waals surface area contributed by atoms with Gasteiger partial charge in [-0.05, 0) is 35.7 Å². The van der Waals surface area contributed by atoms with Crippen molar-refractivity contribution >= 4 is 46.2 Å². The van der Waals surface area contributed by atoms with Crippen molar-refractivity contribution in [2.24, 2.45) is 0 Å². The lowest BCUT2D eigenvalue weighted by Gasteiger charge is -1.96. The average molecular weight is 394 g/mol. The van der Waals surface area contributed by atoms with E-state index in [0.717, 1.165) is 0 Å². The molecule has 0 radical (unpaired) electrons. The molecule has 13 heteroatoms. The molecule has 0 bridgehead atoms. The zero-order valence-corrected chi connectivity index (χ0v) is 14.5. The molecule has 3 rings (SSSR count). The molecular weight excluding hydrogens is 388 g/mol. The Morgan fingerprint density at radius 1 is 0.800 bits per heavy atom. The first-order valence-electron chi connectivity index (χ1n) is 6.41. The van der Waals surface area contributed by atoms with Crippen LogP contribution in [-0.2, 0) is 0 Å². The number of aromatic nitrogens is 4. The van der Waals surface area contributed by atoms with Gasteiger partial charge >= 0.3 is 0 Å². The highest BCUT2D eigenvalue weighted by Gasteiger charge is 2.12. The first-order chi connectivity index (χ1) is 12.0. The Kier molecular flexibility index (Phi) is 5.16. The Labute approximate surface area is 152 Å². The van der Waals surface area contributed by atoms with Crippen LogP contribution in [-0.4, -0.2) is 30.0 Å². The SMILES string of the molecule is O=[N+]([O-])c1ccc(Sc2nnc(Sc3ccc([N+](=O)[O-])cn3)s2)nc1. The van der Waals surface area contributed by atoms with E-state index in [4.69, 9.17) is 0 Å². The summed E-state index contributed by atoms with van der Waals surface area (Å²) in [6.07, 6.45) is 2.36. The predicted molar refractivity (Wildman–Crippen MR) is 89.9 cm³/mol. The van der Waals surface area contributed by atoms with Gasteiger partial charge in [0, 0.05) is 12.1 Å². The fourth-order valence-corrected chi connectivity index (χ4v) is 4.33. The van der Waals surface area contributed by atoms with Gasteiger partial charge in [-0.3, -0.25) is 20.2 Å². The third-order valence-corrected chi connectivity index (χ3v) is 5.56. The van der Waals surface area contributed by atoms with E-state index in [1.807, 2.05) is 0 Å². The van der Waals surface area contributed by atoms with E-state index in [0.29, 0.717) is 18.7 Å². The minimum absolute atomic E-state index is 0.0814. The van der Waals surface area contributed by atoms with E-state index in [9.17, 15) is 20.2 Å². The molecule has 0 saturated heterocycles. The van der Waals surface area contributed by atoms with E-state index in [1.165, 1.54) is 71.5 Å². The van der Waals surface area contributed by atoms with Crippen LogP contribution >= 0.6 is 34.9 Å². The summed E-state index contributed by atoms with van der Waals surface area (Å²) in [5.74, 6) is 0. The van der Waals surface area contributed by atoms with Crippen molar-refractivity contribution < 1.29 is 9.85 Å². The first-order valence-corrected chi connectivity index (χ1v) is 8.86. The number of pyridine rings is 2. The van der Waals surface area contributed by atoms with Crippen molar-refractivity contribution in [2.45, 2.75) is 18.7 Å². The molecule has 0 aliphatic rings. The lowest BCUT2D eigenvalue weighted by Crippen LogP contribution is -1.89. The number of rotatable bonds is 6. The molecular formula is C12H6N6O4S3. The lowest BCUT2D eigenvalue weighted by molar-refractivity contribution is -0.385. The summed E-state index contributed by atoms with van der Waals surface area (Å²) in [4.78, 5) is 28.1. The minimum atomic E-state index is -0.516. The molecule has 3 aromatic heterocycles. The molecule has 0 aliphatic heterocycles. The van der Waals surface area contributed by atoms with Gasteiger partial charge in [0.1, 0.15) is 22.4 Å². The molecule has 0 aromatic carbocycles. The predicted octanol–water partition coefficient (Wildman–Crippen LogP) is 3.45. The van der Waals surface area contributed by atoms with E-state index >= 15 is 0 Å². The summed E-state index contributed by atoms with van der Waals surface area (Å²) in [5.41, 5.74) is -0.163. The molecule has 3 heterocycles. The zero-order chi connectivity index (χ0) is 17.8. The van der Waals surface area contributed by atoms with Gasteiger partial charge in [-0.15, -0.1) is 10.2 Å². The number of hydrogen-bond donors (Lipinski definition) is 0. The Bertz CT molecular complexity index is 841. The zero-order valence-electron chi connectivity index (χ0n) is 12.0. The molecule has 25 heavy (non-hydrogen) atoms. The highest BCUT2D eigenvalue weighted by atomic mass is 32.2. The van der Waals surface area contributed by atoms with Crippen LogP contribution < -0.4 is 0 Å². The van der Waals surface area contributed by atoms with Crippen molar-refractivity contribution in [3.8, 4) is 0 Å². The second kappa shape index (κ2) is 7.50. The monoisotopic (exact) mass is 394 g/mol. The summed E-state index contributed by atoms with van der Waals surface area (Å²) in [6.45, 7) is 0. The minimum Gasteiger partial charge on any atom is -0.258 e. The first kappa shape index (κ1) is 17.2. The van der Waals surface area contributed by atoms with Gasteiger partial charge in [0.2, 0.25) is 0 Å². The van der Waals surface area contributed by atoms with Crippen LogP contribution in [0.4, 0.5) is 11.4 Å². The molecule has 0 atom stereocenters. The summed E-state index contributed by atoms with van der Waals surface area (Å²) >= 11 is 3.77. The molecule has 0 N–H and O–H groups in total. The highest BCUT2D eigenvalue weighted by molar-refractivity contribution is 8.03. The van der Waals surface area contributed by atoms with Crippen LogP contribution in [0.1, 0.15) is 0 Å². The maximum Gasteiger partial charge on any atom is 0.287 e. The van der Waals surface area contributed by atoms with E-state index in [-0.39, 0.29) is 11.4 Å². The third kappa shape index (κ3) is 4.46. The molecule has 0 saturated carbocycles. The number of nitro groups is 2. The third-order valence-electron chi connectivity index (χ3n) is 2.63. The van der Waals surface area contributed by atoms with Gasteiger partial charge in [-0.2, -0.15) is 0 Å². The average Bonchev–Trinajstić information content (AvgIpc) is 3.02. The van der Waals surface area contributed by atoms with E-state index < -0.39 is 9.85 Å². The number of hydrogen-bond acceptors (Lipinski definition) is 11. The van der Waals surface area contributed by atoms with Gasteiger partial charge in [-0.1, -0.05) is 11.3 Å². The molecule has 0 amide bonds. The van der Waals surface area contributed by atoms with Gasteiger partial charge < -0.3 is 0 Å². The topological polar surface area (TPSA) is 138 Å². The Morgan fingerprint density at radius 2 is 1.24 bits per heavy atom. The van der Waals surface area contributed by atoms with Crippen molar-refractivity contribution in [2.75, 3.05) is 0 Å². The molecule has 0 spiro atoms. The Morgan fingerprint density at radius 3 is 1.56 bits per heavy atom. The maximum atomic E-state index is 10.6. The van der Waals surface area contributed by atoms with Crippen molar-refractivity contribution in [3.63, 3.8) is 0 Å². The summed E-state index contributed by atoms with van der Waals surface area (Å²) < 4.78 is 1.23. The van der Waals surface area contributed by atoms with E-state index in [1.54, 1.807) is 0 Å². The second-order valence-corrected chi connectivity index (χ2v) is 7.77. The number of nitrogens with zero attached hydrogens (tertiary/aromatic N) is 6. The summed E-state index contributed by atoms with van der Waals surface area (Å²) in [6, 6.07) is 5.81. The van der Waals surface area contributed by atoms with Crippen LogP contribution in [0.5, 0.6) is 0 Å². The smallest absolute Gasteiger partial charge is 0.258 e. The van der Waals surface area contributed by atoms with Crippen molar-refractivity contribution in [1.82, 2.24) is 20.2 Å². The van der Waals surface area contributed by atoms with Crippen molar-refractivity contribution in [3.05, 3.63) is 56.9 Å². The molecule has 0 fully saturated rings. The van der Waals surface area contributed by atoms with Crippen LogP contribution in [0, 0.1) is 20.2 Å². The van der Waals surface area contributed by atoms with Crippen LogP contribution in [0.25, 0.3) is 0 Å². The van der Waals surface area contributed by atoms with Crippen molar-refractivity contribution in [1.29, 1.82) is 0 Å². The summed E-state index contributed by atoms with van der Waals surface area (Å²) in [5, 5.41) is 30.3. The van der Waals surface area contributed by atoms with E-state index in [2.05, 4.69) is 20.2 Å². The lowest BCUT2D eigenvalue weighted by atomic mass is 10.4. The van der Waals surface area contributed by atoms with Crippen LogP contribution in [0.3, 0.4) is 0 Å². The Hall–Kier alpha value is -2.64. The Balaban J connectivity index is 1.65. The molecule has 126 valence electrons. The van der Waals surface area contributed by atoms with Gasteiger partial charge in [0.25, 0.3) is 11.4 Å².